The Morgan fingerprint density at radius 1 is 0.912 bits per heavy atom. The lowest BCUT2D eigenvalue weighted by atomic mass is 10.1. The maximum atomic E-state index is 11.8. The summed E-state index contributed by atoms with van der Waals surface area (Å²) in [7, 11) is 0. The van der Waals surface area contributed by atoms with E-state index in [1.807, 2.05) is 21.3 Å². The minimum Gasteiger partial charge on any atom is -0.491 e. The first-order valence-corrected chi connectivity index (χ1v) is 10.7. The molecule has 11 heteroatoms. The number of carbonyl (C=O) groups excluding carboxylic acids is 1. The Labute approximate surface area is 194 Å². The molecule has 11 nitrogen and oxygen atoms in total. The van der Waals surface area contributed by atoms with Crippen molar-refractivity contribution >= 4 is 39.9 Å². The molecule has 34 heavy (non-hydrogen) atoms. The predicted octanol–water partition coefficient (Wildman–Crippen LogP) is 1.94. The summed E-state index contributed by atoms with van der Waals surface area (Å²) in [4.78, 5) is 20.6. The number of nitrogens with zero attached hydrogens (tertiary/aromatic N) is 5. The standard InChI is InChI=1S/C23H22N8O3/c24-12-13-8-15-19-17(9-13)33-6-3-7-34-18-11-14(21(25)32)10-16-20(18)31(23(27)29-16)5-2-1-4-30(19)22(26)28-15/h1-2,8-11H,3-7H2,(H2,25,32)(H2,26,28)(H2,27,29)/b2-1+. The molecule has 5 rings (SSSR count). The zero-order valence-corrected chi connectivity index (χ0v) is 18.2. The number of carbonyl (C=O) groups is 1. The van der Waals surface area contributed by atoms with Crippen LogP contribution in [0.4, 0.5) is 11.9 Å². The third-order valence-corrected chi connectivity index (χ3v) is 5.63. The van der Waals surface area contributed by atoms with Crippen LogP contribution in [0.1, 0.15) is 22.3 Å². The number of ether oxygens (including phenoxy) is 2. The maximum absolute atomic E-state index is 11.8. The second kappa shape index (κ2) is 8.32. The summed E-state index contributed by atoms with van der Waals surface area (Å²) in [5, 5.41) is 9.39. The van der Waals surface area contributed by atoms with Crippen LogP contribution < -0.4 is 26.7 Å². The molecule has 0 spiro atoms. The molecule has 1 aliphatic heterocycles. The van der Waals surface area contributed by atoms with Gasteiger partial charge in [-0.2, -0.15) is 5.26 Å². The van der Waals surface area contributed by atoms with Crippen molar-refractivity contribution in [3.05, 3.63) is 47.5 Å². The number of allylic oxidation sites excluding steroid dienone is 2. The normalized spacial score (nSPS) is 15.0. The Kier molecular flexibility index (Phi) is 5.18. The van der Waals surface area contributed by atoms with E-state index in [4.69, 9.17) is 26.7 Å². The van der Waals surface area contributed by atoms with Crippen LogP contribution in [0.2, 0.25) is 0 Å². The van der Waals surface area contributed by atoms with Crippen LogP contribution >= 0.6 is 0 Å². The van der Waals surface area contributed by atoms with Gasteiger partial charge in [0.25, 0.3) is 0 Å². The number of hydrogen-bond donors (Lipinski definition) is 3. The molecule has 2 aromatic carbocycles. The van der Waals surface area contributed by atoms with E-state index in [1.165, 1.54) is 0 Å². The Morgan fingerprint density at radius 2 is 1.47 bits per heavy atom. The van der Waals surface area contributed by atoms with Crippen LogP contribution in [0.15, 0.2) is 36.4 Å². The number of nitrogen functional groups attached to an aromatic ring is 2. The summed E-state index contributed by atoms with van der Waals surface area (Å²) in [5.41, 5.74) is 21.1. The molecule has 0 fully saturated rings. The fraction of sp³-hybridized carbons (Fsp3) is 0.217. The monoisotopic (exact) mass is 458 g/mol. The van der Waals surface area contributed by atoms with Crippen LogP contribution in [-0.2, 0) is 13.1 Å². The fourth-order valence-electron chi connectivity index (χ4n) is 4.08. The SMILES string of the molecule is N#Cc1cc2c3c(c1)nc(N)n3C/C=C/Cn1c(N)nc3cc(C(N)=O)cc(c31)OCCCO2. The number of nitrogens with two attached hydrogens (primary N) is 3. The maximum Gasteiger partial charge on any atom is 0.248 e. The molecule has 0 atom stereocenters. The summed E-state index contributed by atoms with van der Waals surface area (Å²) < 4.78 is 15.7. The van der Waals surface area contributed by atoms with Crippen LogP contribution in [0, 0.1) is 11.3 Å². The second-order valence-electron chi connectivity index (χ2n) is 7.84. The smallest absolute Gasteiger partial charge is 0.248 e. The number of imidazole rings is 2. The van der Waals surface area contributed by atoms with Gasteiger partial charge in [-0.25, -0.2) is 9.97 Å². The lowest BCUT2D eigenvalue weighted by Crippen LogP contribution is -2.12. The van der Waals surface area contributed by atoms with Gasteiger partial charge in [0.2, 0.25) is 17.8 Å². The van der Waals surface area contributed by atoms with Gasteiger partial charge in [-0.05, 0) is 18.2 Å². The average Bonchev–Trinajstić information content (AvgIpc) is 3.30. The molecule has 2 aromatic heterocycles. The number of amides is 1. The van der Waals surface area contributed by atoms with Gasteiger partial charge in [0.05, 0.1) is 35.9 Å². The average molecular weight is 458 g/mol. The van der Waals surface area contributed by atoms with Crippen LogP contribution in [0.5, 0.6) is 11.5 Å². The van der Waals surface area contributed by atoms with E-state index in [1.54, 1.807) is 24.3 Å². The van der Waals surface area contributed by atoms with E-state index in [0.29, 0.717) is 72.3 Å². The van der Waals surface area contributed by atoms with Gasteiger partial charge in [-0.1, -0.05) is 12.2 Å². The molecule has 6 N–H and O–H groups in total. The van der Waals surface area contributed by atoms with Gasteiger partial charge in [-0.15, -0.1) is 0 Å². The topological polar surface area (TPSA) is 173 Å². The molecule has 4 aromatic rings. The predicted molar refractivity (Wildman–Crippen MR) is 126 cm³/mol. The van der Waals surface area contributed by atoms with Gasteiger partial charge in [0.1, 0.15) is 22.5 Å². The Hall–Kier alpha value is -4.72. The summed E-state index contributed by atoms with van der Waals surface area (Å²) in [6.45, 7) is 1.49. The zero-order valence-electron chi connectivity index (χ0n) is 18.2. The Balaban J connectivity index is 1.58. The summed E-state index contributed by atoms with van der Waals surface area (Å²) in [6, 6.07) is 8.70. The van der Waals surface area contributed by atoms with Gasteiger partial charge >= 0.3 is 0 Å². The third kappa shape index (κ3) is 3.61. The number of benzene rings is 2. The van der Waals surface area contributed by atoms with E-state index in [-0.39, 0.29) is 11.5 Å². The largest absolute Gasteiger partial charge is 0.491 e. The van der Waals surface area contributed by atoms with E-state index >= 15 is 0 Å². The van der Waals surface area contributed by atoms with E-state index in [9.17, 15) is 10.1 Å². The lowest BCUT2D eigenvalue weighted by Gasteiger charge is -2.12. The summed E-state index contributed by atoms with van der Waals surface area (Å²) in [6.07, 6.45) is 4.40. The highest BCUT2D eigenvalue weighted by Crippen LogP contribution is 2.32. The Bertz CT molecular complexity index is 1510. The fourth-order valence-corrected chi connectivity index (χ4v) is 4.08. The van der Waals surface area contributed by atoms with Gasteiger partial charge in [0, 0.05) is 31.1 Å². The zero-order chi connectivity index (χ0) is 23.8. The number of primary amides is 1. The first kappa shape index (κ1) is 21.1. The number of aromatic nitrogens is 4. The number of hydrogen-bond acceptors (Lipinski definition) is 8. The molecule has 172 valence electrons. The minimum atomic E-state index is -0.580. The molecule has 0 radical (unpaired) electrons. The lowest BCUT2D eigenvalue weighted by molar-refractivity contribution is 0.1000. The highest BCUT2D eigenvalue weighted by molar-refractivity contribution is 5.98. The van der Waals surface area contributed by atoms with Gasteiger partial charge < -0.3 is 35.8 Å². The number of nitriles is 1. The molecule has 1 amide bonds. The second-order valence-corrected chi connectivity index (χ2v) is 7.84. The van der Waals surface area contributed by atoms with Crippen molar-refractivity contribution in [3.63, 3.8) is 0 Å². The molecule has 0 bridgehead atoms. The van der Waals surface area contributed by atoms with Crippen molar-refractivity contribution in [2.24, 2.45) is 5.73 Å². The van der Waals surface area contributed by atoms with E-state index < -0.39 is 5.91 Å². The van der Waals surface area contributed by atoms with E-state index in [0.717, 1.165) is 5.52 Å². The molecule has 0 saturated carbocycles. The van der Waals surface area contributed by atoms with Crippen LogP contribution in [-0.4, -0.2) is 38.2 Å². The molecular weight excluding hydrogens is 436 g/mol. The van der Waals surface area contributed by atoms with Crippen LogP contribution in [0.25, 0.3) is 22.1 Å². The summed E-state index contributed by atoms with van der Waals surface area (Å²) in [5.74, 6) is 1.02. The minimum absolute atomic E-state index is 0.287. The Morgan fingerprint density at radius 3 is 2.03 bits per heavy atom. The molecule has 0 saturated heterocycles. The van der Waals surface area contributed by atoms with Crippen molar-refractivity contribution in [1.29, 1.82) is 5.26 Å². The first-order chi connectivity index (χ1) is 16.5. The summed E-state index contributed by atoms with van der Waals surface area (Å²) >= 11 is 0. The van der Waals surface area contributed by atoms with Gasteiger partial charge in [-0.3, -0.25) is 4.79 Å². The van der Waals surface area contributed by atoms with Crippen molar-refractivity contribution in [1.82, 2.24) is 19.1 Å². The molecule has 0 unspecified atom stereocenters. The van der Waals surface area contributed by atoms with Crippen molar-refractivity contribution in [2.75, 3.05) is 24.7 Å². The van der Waals surface area contributed by atoms with E-state index in [2.05, 4.69) is 16.0 Å². The number of anilines is 2. The van der Waals surface area contributed by atoms with Crippen molar-refractivity contribution < 1.29 is 14.3 Å². The quantitative estimate of drug-likeness (QED) is 0.363. The molecule has 1 aliphatic rings. The molecular formula is C23H22N8O3. The number of rotatable bonds is 1. The van der Waals surface area contributed by atoms with Crippen molar-refractivity contribution in [2.45, 2.75) is 19.5 Å². The molecule has 0 aliphatic carbocycles. The van der Waals surface area contributed by atoms with Crippen LogP contribution in [0.3, 0.4) is 0 Å². The third-order valence-electron chi connectivity index (χ3n) is 5.63. The van der Waals surface area contributed by atoms with Crippen molar-refractivity contribution in [3.8, 4) is 17.6 Å². The highest BCUT2D eigenvalue weighted by atomic mass is 16.5. The molecule has 3 heterocycles. The highest BCUT2D eigenvalue weighted by Gasteiger charge is 2.18. The van der Waals surface area contributed by atoms with Gasteiger partial charge in [0.15, 0.2) is 0 Å². The first-order valence-electron chi connectivity index (χ1n) is 10.7.